The molecule has 0 saturated heterocycles. The molecule has 8 nitrogen and oxygen atoms in total. The summed E-state index contributed by atoms with van der Waals surface area (Å²) in [5.41, 5.74) is 1.02. The maximum absolute atomic E-state index is 11.1. The van der Waals surface area contributed by atoms with Gasteiger partial charge in [-0.2, -0.15) is 0 Å². The Morgan fingerprint density at radius 1 is 1.33 bits per heavy atom. The molecule has 0 aliphatic carbocycles. The summed E-state index contributed by atoms with van der Waals surface area (Å²) in [5.74, 6) is 0.300. The normalized spacial score (nSPS) is 11.3. The SMILES string of the molecule is Cc1ccc(NCc2ccc(S(N)(=O)=O)o2)c([N+](=O)[O-])c1. The van der Waals surface area contributed by atoms with Crippen LogP contribution in [0.25, 0.3) is 0 Å². The van der Waals surface area contributed by atoms with E-state index in [2.05, 4.69) is 5.32 Å². The Hall–Kier alpha value is -2.39. The lowest BCUT2D eigenvalue weighted by Gasteiger charge is -2.06. The van der Waals surface area contributed by atoms with E-state index in [0.717, 1.165) is 5.56 Å². The number of benzene rings is 1. The van der Waals surface area contributed by atoms with Gasteiger partial charge >= 0.3 is 0 Å². The predicted octanol–water partition coefficient (Wildman–Crippen LogP) is 1.76. The number of furan rings is 1. The van der Waals surface area contributed by atoms with Crippen LogP contribution in [0.2, 0.25) is 0 Å². The van der Waals surface area contributed by atoms with Crippen LogP contribution in [0.3, 0.4) is 0 Å². The summed E-state index contributed by atoms with van der Waals surface area (Å²) in [7, 11) is -3.89. The lowest BCUT2D eigenvalue weighted by molar-refractivity contribution is -0.384. The third-order valence-electron chi connectivity index (χ3n) is 2.72. The Morgan fingerprint density at radius 3 is 2.62 bits per heavy atom. The van der Waals surface area contributed by atoms with E-state index in [1.54, 1.807) is 19.1 Å². The molecule has 2 aromatic rings. The zero-order valence-corrected chi connectivity index (χ0v) is 11.9. The molecule has 0 atom stereocenters. The number of nitrogens with two attached hydrogens (primary N) is 1. The fraction of sp³-hybridized carbons (Fsp3) is 0.167. The van der Waals surface area contributed by atoms with Gasteiger partial charge < -0.3 is 9.73 Å². The summed E-state index contributed by atoms with van der Waals surface area (Å²) < 4.78 is 27.2. The zero-order valence-electron chi connectivity index (χ0n) is 11.1. The van der Waals surface area contributed by atoms with Gasteiger partial charge in [-0.05, 0) is 30.7 Å². The number of aryl methyl sites for hydroxylation is 1. The summed E-state index contributed by atoms with van der Waals surface area (Å²) >= 11 is 0. The highest BCUT2D eigenvalue weighted by molar-refractivity contribution is 7.89. The number of hydrogen-bond acceptors (Lipinski definition) is 6. The van der Waals surface area contributed by atoms with Crippen LogP contribution in [-0.2, 0) is 16.6 Å². The van der Waals surface area contributed by atoms with Gasteiger partial charge in [0.05, 0.1) is 11.5 Å². The highest BCUT2D eigenvalue weighted by Crippen LogP contribution is 2.26. The molecule has 0 saturated carbocycles. The van der Waals surface area contributed by atoms with Crippen LogP contribution in [-0.4, -0.2) is 13.3 Å². The number of nitrogens with zero attached hydrogens (tertiary/aromatic N) is 1. The average molecular weight is 311 g/mol. The van der Waals surface area contributed by atoms with Crippen molar-refractivity contribution >= 4 is 21.4 Å². The van der Waals surface area contributed by atoms with E-state index < -0.39 is 14.9 Å². The third kappa shape index (κ3) is 3.58. The molecule has 0 aliphatic heterocycles. The molecule has 0 fully saturated rings. The molecule has 3 N–H and O–H groups in total. The van der Waals surface area contributed by atoms with E-state index in [1.807, 2.05) is 0 Å². The number of hydrogen-bond donors (Lipinski definition) is 2. The number of rotatable bonds is 5. The first-order chi connectivity index (χ1) is 9.77. The summed E-state index contributed by atoms with van der Waals surface area (Å²) in [5, 5.41) is 18.4. The quantitative estimate of drug-likeness (QED) is 0.639. The minimum Gasteiger partial charge on any atom is -0.446 e. The molecule has 9 heteroatoms. The van der Waals surface area contributed by atoms with Crippen LogP contribution in [0, 0.1) is 17.0 Å². The molecule has 1 aromatic heterocycles. The van der Waals surface area contributed by atoms with Gasteiger partial charge in [-0.15, -0.1) is 0 Å². The molecule has 1 aromatic carbocycles. The fourth-order valence-electron chi connectivity index (χ4n) is 1.73. The Kier molecular flexibility index (Phi) is 3.96. The van der Waals surface area contributed by atoms with Crippen molar-refractivity contribution in [2.24, 2.45) is 5.14 Å². The first-order valence-electron chi connectivity index (χ1n) is 5.88. The maximum atomic E-state index is 11.1. The van der Waals surface area contributed by atoms with Crippen molar-refractivity contribution in [2.45, 2.75) is 18.6 Å². The lowest BCUT2D eigenvalue weighted by atomic mass is 10.2. The second-order valence-corrected chi connectivity index (χ2v) is 5.89. The summed E-state index contributed by atoms with van der Waals surface area (Å²) in [6.07, 6.45) is 0. The van der Waals surface area contributed by atoms with Crippen molar-refractivity contribution in [1.82, 2.24) is 0 Å². The van der Waals surface area contributed by atoms with Crippen molar-refractivity contribution in [3.05, 3.63) is 51.8 Å². The van der Waals surface area contributed by atoms with Crippen LogP contribution in [0.5, 0.6) is 0 Å². The lowest BCUT2D eigenvalue weighted by Crippen LogP contribution is -2.10. The van der Waals surface area contributed by atoms with Crippen LogP contribution in [0.15, 0.2) is 39.8 Å². The number of primary sulfonamides is 1. The summed E-state index contributed by atoms with van der Waals surface area (Å²) in [6.45, 7) is 1.85. The van der Waals surface area contributed by atoms with Gasteiger partial charge in [-0.1, -0.05) is 6.07 Å². The molecule has 0 amide bonds. The Balaban J connectivity index is 2.17. The van der Waals surface area contributed by atoms with Crippen molar-refractivity contribution < 1.29 is 17.8 Å². The maximum Gasteiger partial charge on any atom is 0.292 e. The largest absolute Gasteiger partial charge is 0.446 e. The second kappa shape index (κ2) is 5.54. The molecule has 1 heterocycles. The molecule has 0 bridgehead atoms. The molecule has 0 aliphatic rings. The number of nitro groups is 1. The van der Waals surface area contributed by atoms with Gasteiger partial charge in [0.25, 0.3) is 15.7 Å². The molecule has 0 spiro atoms. The minimum absolute atomic E-state index is 0.0618. The fourth-order valence-corrected chi connectivity index (χ4v) is 2.21. The van der Waals surface area contributed by atoms with Gasteiger partial charge in [-0.25, -0.2) is 13.6 Å². The Morgan fingerprint density at radius 2 is 2.05 bits per heavy atom. The average Bonchev–Trinajstić information content (AvgIpc) is 2.85. The molecule has 112 valence electrons. The van der Waals surface area contributed by atoms with Crippen molar-refractivity contribution in [1.29, 1.82) is 0 Å². The summed E-state index contributed by atoms with van der Waals surface area (Å²) in [4.78, 5) is 10.5. The molecule has 2 rings (SSSR count). The molecule has 0 radical (unpaired) electrons. The second-order valence-electron chi connectivity index (χ2n) is 4.40. The van der Waals surface area contributed by atoms with Crippen molar-refractivity contribution in [2.75, 3.05) is 5.32 Å². The van der Waals surface area contributed by atoms with E-state index in [-0.39, 0.29) is 17.3 Å². The predicted molar refractivity (Wildman–Crippen MR) is 75.2 cm³/mol. The smallest absolute Gasteiger partial charge is 0.292 e. The first kappa shape index (κ1) is 15.0. The Bertz CT molecular complexity index is 782. The standard InChI is InChI=1S/C12H13N3O5S/c1-8-2-4-10(11(6-8)15(16)17)14-7-9-3-5-12(20-9)21(13,18)19/h2-6,14H,7H2,1H3,(H2,13,18,19). The van der Waals surface area contributed by atoms with Gasteiger partial charge in [-0.3, -0.25) is 10.1 Å². The first-order valence-corrected chi connectivity index (χ1v) is 7.42. The van der Waals surface area contributed by atoms with Crippen LogP contribution < -0.4 is 10.5 Å². The van der Waals surface area contributed by atoms with E-state index in [9.17, 15) is 18.5 Å². The highest BCUT2D eigenvalue weighted by Gasteiger charge is 2.16. The molecule has 21 heavy (non-hydrogen) atoms. The van der Waals surface area contributed by atoms with Gasteiger partial charge in [0, 0.05) is 6.07 Å². The number of nitrogens with one attached hydrogen (secondary N) is 1. The third-order valence-corrected chi connectivity index (χ3v) is 3.50. The molecular weight excluding hydrogens is 298 g/mol. The zero-order chi connectivity index (χ0) is 15.6. The number of nitro benzene ring substituents is 1. The summed E-state index contributed by atoms with van der Waals surface area (Å²) in [6, 6.07) is 7.42. The van der Waals surface area contributed by atoms with Gasteiger partial charge in [0.2, 0.25) is 5.09 Å². The topological polar surface area (TPSA) is 128 Å². The van der Waals surface area contributed by atoms with E-state index >= 15 is 0 Å². The molecule has 0 unspecified atom stereocenters. The molecular formula is C12H13N3O5S. The van der Waals surface area contributed by atoms with Gasteiger partial charge in [0.1, 0.15) is 11.4 Å². The van der Waals surface area contributed by atoms with E-state index in [1.165, 1.54) is 18.2 Å². The van der Waals surface area contributed by atoms with Crippen LogP contribution in [0.1, 0.15) is 11.3 Å². The van der Waals surface area contributed by atoms with Crippen molar-refractivity contribution in [3.63, 3.8) is 0 Å². The monoisotopic (exact) mass is 311 g/mol. The Labute approximate surface area is 120 Å². The van der Waals surface area contributed by atoms with Crippen LogP contribution >= 0.6 is 0 Å². The van der Waals surface area contributed by atoms with Gasteiger partial charge in [0.15, 0.2) is 0 Å². The minimum atomic E-state index is -3.89. The highest BCUT2D eigenvalue weighted by atomic mass is 32.2. The van der Waals surface area contributed by atoms with Crippen molar-refractivity contribution in [3.8, 4) is 0 Å². The number of sulfonamides is 1. The van der Waals surface area contributed by atoms with Crippen LogP contribution in [0.4, 0.5) is 11.4 Å². The number of anilines is 1. The van der Waals surface area contributed by atoms with E-state index in [4.69, 9.17) is 9.56 Å². The van der Waals surface area contributed by atoms with E-state index in [0.29, 0.717) is 11.4 Å².